The summed E-state index contributed by atoms with van der Waals surface area (Å²) in [5, 5.41) is 2.98. The molecule has 0 fully saturated rings. The first-order valence-corrected chi connectivity index (χ1v) is 7.28. The van der Waals surface area contributed by atoms with Crippen LogP contribution in [0.1, 0.15) is 59.1 Å². The van der Waals surface area contributed by atoms with E-state index < -0.39 is 0 Å². The Morgan fingerprint density at radius 2 is 2.00 bits per heavy atom. The number of amides is 1. The van der Waals surface area contributed by atoms with Crippen molar-refractivity contribution in [1.82, 2.24) is 5.32 Å². The minimum atomic E-state index is -0.298. The maximum Gasteiger partial charge on any atom is 0.222 e. The Balaban J connectivity index is 2.43. The Kier molecular flexibility index (Phi) is 3.57. The van der Waals surface area contributed by atoms with Gasteiger partial charge in [-0.1, -0.05) is 59.7 Å². The second-order valence-corrected chi connectivity index (χ2v) is 7.07. The zero-order valence-electron chi connectivity index (χ0n) is 13.3. The third-order valence-electron chi connectivity index (χ3n) is 4.02. The average molecular weight is 275 g/mol. The standard InChI is InChI=1S/C17H25NO2/c1-7-13(19)18-15-17(5,6)12-10-8-9-11(14(12)20-15)16(2,3)4/h8-10,15H,7H2,1-6H3,(H,18,19). The van der Waals surface area contributed by atoms with Crippen LogP contribution in [0.5, 0.6) is 5.75 Å². The zero-order chi connectivity index (χ0) is 15.1. The molecular weight excluding hydrogens is 250 g/mol. The molecular formula is C17H25NO2. The SMILES string of the molecule is CCC(=O)NC1Oc2c(C(C)(C)C)cccc2C1(C)C. The zero-order valence-corrected chi connectivity index (χ0v) is 13.3. The van der Waals surface area contributed by atoms with Crippen molar-refractivity contribution >= 4 is 5.91 Å². The molecule has 0 radical (unpaired) electrons. The second-order valence-electron chi connectivity index (χ2n) is 7.07. The molecule has 0 aliphatic carbocycles. The van der Waals surface area contributed by atoms with Crippen LogP contribution in [0.2, 0.25) is 0 Å². The van der Waals surface area contributed by atoms with E-state index in [0.717, 1.165) is 5.75 Å². The van der Waals surface area contributed by atoms with Gasteiger partial charge in [0.05, 0.1) is 0 Å². The van der Waals surface area contributed by atoms with Gasteiger partial charge in [0, 0.05) is 17.4 Å². The quantitative estimate of drug-likeness (QED) is 0.897. The molecule has 1 aromatic carbocycles. The minimum Gasteiger partial charge on any atom is -0.469 e. The van der Waals surface area contributed by atoms with Gasteiger partial charge < -0.3 is 10.1 Å². The molecule has 1 atom stereocenters. The van der Waals surface area contributed by atoms with Crippen LogP contribution >= 0.6 is 0 Å². The first-order chi connectivity index (χ1) is 9.17. The minimum absolute atomic E-state index is 0.0189. The summed E-state index contributed by atoms with van der Waals surface area (Å²) in [6.07, 6.45) is 0.173. The van der Waals surface area contributed by atoms with Gasteiger partial charge in [-0.15, -0.1) is 0 Å². The Hall–Kier alpha value is -1.51. The van der Waals surface area contributed by atoms with Gasteiger partial charge in [0.2, 0.25) is 5.91 Å². The predicted molar refractivity (Wildman–Crippen MR) is 81.0 cm³/mol. The number of benzene rings is 1. The van der Waals surface area contributed by atoms with Crippen molar-refractivity contribution in [1.29, 1.82) is 0 Å². The summed E-state index contributed by atoms with van der Waals surface area (Å²) in [6.45, 7) is 12.6. The largest absolute Gasteiger partial charge is 0.469 e. The van der Waals surface area contributed by atoms with Crippen molar-refractivity contribution in [3.05, 3.63) is 29.3 Å². The number of para-hydroxylation sites is 1. The number of hydrogen-bond acceptors (Lipinski definition) is 2. The summed E-state index contributed by atoms with van der Waals surface area (Å²) in [6, 6.07) is 6.29. The van der Waals surface area contributed by atoms with Crippen LogP contribution in [0.4, 0.5) is 0 Å². The molecule has 0 aromatic heterocycles. The molecule has 0 bridgehead atoms. The van der Waals surface area contributed by atoms with E-state index in [1.54, 1.807) is 0 Å². The number of fused-ring (bicyclic) bond motifs is 1. The molecule has 2 rings (SSSR count). The average Bonchev–Trinajstić information content (AvgIpc) is 2.60. The number of carbonyl (C=O) groups excluding carboxylic acids is 1. The Morgan fingerprint density at radius 3 is 2.55 bits per heavy atom. The van der Waals surface area contributed by atoms with Crippen molar-refractivity contribution < 1.29 is 9.53 Å². The van der Waals surface area contributed by atoms with Gasteiger partial charge in [-0.3, -0.25) is 4.79 Å². The highest BCUT2D eigenvalue weighted by atomic mass is 16.5. The summed E-state index contributed by atoms with van der Waals surface area (Å²) < 4.78 is 6.12. The molecule has 1 unspecified atom stereocenters. The molecule has 3 heteroatoms. The van der Waals surface area contributed by atoms with E-state index in [2.05, 4.69) is 58.1 Å². The fraction of sp³-hybridized carbons (Fsp3) is 0.588. The molecule has 3 nitrogen and oxygen atoms in total. The van der Waals surface area contributed by atoms with Gasteiger partial charge >= 0.3 is 0 Å². The van der Waals surface area contributed by atoms with Crippen molar-refractivity contribution in [3.8, 4) is 5.75 Å². The van der Waals surface area contributed by atoms with E-state index in [1.165, 1.54) is 11.1 Å². The maximum absolute atomic E-state index is 11.7. The normalized spacial score (nSPS) is 20.2. The van der Waals surface area contributed by atoms with Gasteiger partial charge in [-0.05, 0) is 11.0 Å². The molecule has 0 spiro atoms. The van der Waals surface area contributed by atoms with Crippen LogP contribution < -0.4 is 10.1 Å². The highest BCUT2D eigenvalue weighted by molar-refractivity contribution is 5.76. The van der Waals surface area contributed by atoms with E-state index in [-0.39, 0.29) is 23.0 Å². The number of hydrogen-bond donors (Lipinski definition) is 1. The molecule has 20 heavy (non-hydrogen) atoms. The molecule has 110 valence electrons. The first kappa shape index (κ1) is 14.9. The van der Waals surface area contributed by atoms with Crippen LogP contribution in [0.25, 0.3) is 0 Å². The molecule has 1 amide bonds. The van der Waals surface area contributed by atoms with Crippen molar-refractivity contribution in [2.75, 3.05) is 0 Å². The lowest BCUT2D eigenvalue weighted by molar-refractivity contribution is -0.123. The fourth-order valence-corrected chi connectivity index (χ4v) is 2.63. The van der Waals surface area contributed by atoms with Gasteiger partial charge in [0.15, 0.2) is 6.23 Å². The fourth-order valence-electron chi connectivity index (χ4n) is 2.63. The second kappa shape index (κ2) is 4.80. The maximum atomic E-state index is 11.7. The lowest BCUT2D eigenvalue weighted by Gasteiger charge is -2.26. The topological polar surface area (TPSA) is 38.3 Å². The van der Waals surface area contributed by atoms with Gasteiger partial charge in [0.25, 0.3) is 0 Å². The lowest BCUT2D eigenvalue weighted by atomic mass is 9.79. The summed E-state index contributed by atoms with van der Waals surface area (Å²) in [5.74, 6) is 0.958. The van der Waals surface area contributed by atoms with E-state index in [4.69, 9.17) is 4.74 Å². The van der Waals surface area contributed by atoms with Crippen molar-refractivity contribution in [3.63, 3.8) is 0 Å². The third-order valence-corrected chi connectivity index (χ3v) is 4.02. The van der Waals surface area contributed by atoms with E-state index in [0.29, 0.717) is 6.42 Å². The van der Waals surface area contributed by atoms with Crippen LogP contribution in [-0.4, -0.2) is 12.1 Å². The van der Waals surface area contributed by atoms with Crippen LogP contribution in [0.3, 0.4) is 0 Å². The molecule has 1 aromatic rings. The third kappa shape index (κ3) is 2.41. The van der Waals surface area contributed by atoms with Gasteiger partial charge in [-0.2, -0.15) is 0 Å². The number of rotatable bonds is 2. The van der Waals surface area contributed by atoms with Crippen LogP contribution in [0.15, 0.2) is 18.2 Å². The summed E-state index contributed by atoms with van der Waals surface area (Å²) in [7, 11) is 0. The molecule has 1 N–H and O–H groups in total. The Bertz CT molecular complexity index is 526. The summed E-state index contributed by atoms with van der Waals surface area (Å²) in [5.41, 5.74) is 2.16. The number of carbonyl (C=O) groups is 1. The lowest BCUT2D eigenvalue weighted by Crippen LogP contribution is -2.47. The van der Waals surface area contributed by atoms with E-state index >= 15 is 0 Å². The number of nitrogens with one attached hydrogen (secondary N) is 1. The summed E-state index contributed by atoms with van der Waals surface area (Å²) in [4.78, 5) is 11.7. The van der Waals surface area contributed by atoms with Gasteiger partial charge in [0.1, 0.15) is 5.75 Å². The Morgan fingerprint density at radius 1 is 1.35 bits per heavy atom. The van der Waals surface area contributed by atoms with Crippen LogP contribution in [0, 0.1) is 0 Å². The molecule has 0 saturated heterocycles. The summed E-state index contributed by atoms with van der Waals surface area (Å²) >= 11 is 0. The molecule has 1 aliphatic rings. The predicted octanol–water partition coefficient (Wildman–Crippen LogP) is 3.51. The highest BCUT2D eigenvalue weighted by Crippen LogP contribution is 2.46. The van der Waals surface area contributed by atoms with Crippen molar-refractivity contribution in [2.45, 2.75) is 65.0 Å². The Labute approximate surface area is 121 Å². The molecule has 0 saturated carbocycles. The van der Waals surface area contributed by atoms with Crippen LogP contribution in [-0.2, 0) is 15.6 Å². The van der Waals surface area contributed by atoms with Crippen molar-refractivity contribution in [2.24, 2.45) is 0 Å². The molecule has 1 aliphatic heterocycles. The van der Waals surface area contributed by atoms with E-state index in [1.807, 2.05) is 6.92 Å². The molecule has 1 heterocycles. The van der Waals surface area contributed by atoms with E-state index in [9.17, 15) is 4.79 Å². The first-order valence-electron chi connectivity index (χ1n) is 7.28. The highest BCUT2D eigenvalue weighted by Gasteiger charge is 2.44. The van der Waals surface area contributed by atoms with Gasteiger partial charge in [-0.25, -0.2) is 0 Å². The smallest absolute Gasteiger partial charge is 0.222 e. The number of ether oxygens (including phenoxy) is 1. The monoisotopic (exact) mass is 275 g/mol.